The number of nitrogens with one attached hydrogen (secondary N) is 1. The van der Waals surface area contributed by atoms with E-state index in [4.69, 9.17) is 4.74 Å². The smallest absolute Gasteiger partial charge is 0.130 e. The van der Waals surface area contributed by atoms with Crippen LogP contribution in [0.2, 0.25) is 0 Å². The monoisotopic (exact) mass is 367 g/mol. The molecule has 2 atom stereocenters. The minimum atomic E-state index is 0.0300. The summed E-state index contributed by atoms with van der Waals surface area (Å²) in [7, 11) is 0. The predicted molar refractivity (Wildman–Crippen MR) is 105 cm³/mol. The van der Waals surface area contributed by atoms with Crippen molar-refractivity contribution in [3.63, 3.8) is 0 Å². The number of benzene rings is 1. The Morgan fingerprint density at radius 3 is 2.89 bits per heavy atom. The van der Waals surface area contributed by atoms with Gasteiger partial charge in [-0.3, -0.25) is 9.88 Å². The van der Waals surface area contributed by atoms with E-state index in [2.05, 4.69) is 27.3 Å². The normalized spacial score (nSPS) is 25.7. The van der Waals surface area contributed by atoms with Gasteiger partial charge >= 0.3 is 0 Å². The van der Waals surface area contributed by atoms with E-state index in [1.807, 2.05) is 30.3 Å². The molecule has 27 heavy (non-hydrogen) atoms. The highest BCUT2D eigenvalue weighted by Gasteiger charge is 2.44. The third kappa shape index (κ3) is 4.32. The maximum absolute atomic E-state index is 10.1. The molecule has 2 N–H and O–H groups in total. The highest BCUT2D eigenvalue weighted by atomic mass is 16.5. The Morgan fingerprint density at radius 1 is 1.22 bits per heavy atom. The van der Waals surface area contributed by atoms with E-state index >= 15 is 0 Å². The van der Waals surface area contributed by atoms with Crippen LogP contribution in [0.5, 0.6) is 5.75 Å². The van der Waals surface area contributed by atoms with Gasteiger partial charge in [-0.2, -0.15) is 0 Å². The average Bonchev–Trinajstić information content (AvgIpc) is 2.74. The molecular formula is C22H29N3O2. The van der Waals surface area contributed by atoms with Crippen molar-refractivity contribution < 1.29 is 9.84 Å². The van der Waals surface area contributed by atoms with Crippen LogP contribution in [0.3, 0.4) is 0 Å². The Bertz CT molecular complexity index is 722. The van der Waals surface area contributed by atoms with Gasteiger partial charge in [-0.05, 0) is 55.6 Å². The highest BCUT2D eigenvalue weighted by Crippen LogP contribution is 2.37. The maximum atomic E-state index is 10.1. The molecule has 4 rings (SSSR count). The van der Waals surface area contributed by atoms with E-state index in [0.29, 0.717) is 12.6 Å². The fourth-order valence-corrected chi connectivity index (χ4v) is 4.51. The summed E-state index contributed by atoms with van der Waals surface area (Å²) in [5.74, 6) is 0.867. The molecule has 2 aromatic rings. The largest absolute Gasteiger partial charge is 0.487 e. The fourth-order valence-electron chi connectivity index (χ4n) is 4.51. The predicted octanol–water partition coefficient (Wildman–Crippen LogP) is 2.60. The van der Waals surface area contributed by atoms with Crippen LogP contribution in [0.1, 0.15) is 30.5 Å². The number of hydrogen-bond acceptors (Lipinski definition) is 5. The second-order valence-electron chi connectivity index (χ2n) is 7.88. The average molecular weight is 367 g/mol. The van der Waals surface area contributed by atoms with E-state index in [1.165, 1.54) is 5.56 Å². The summed E-state index contributed by atoms with van der Waals surface area (Å²) < 4.78 is 5.82. The second kappa shape index (κ2) is 8.38. The summed E-state index contributed by atoms with van der Waals surface area (Å²) in [5, 5.41) is 13.7. The van der Waals surface area contributed by atoms with Crippen LogP contribution >= 0.6 is 0 Å². The van der Waals surface area contributed by atoms with E-state index in [0.717, 1.165) is 56.9 Å². The molecule has 1 aromatic heterocycles. The van der Waals surface area contributed by atoms with Gasteiger partial charge in [0.1, 0.15) is 12.4 Å². The lowest BCUT2D eigenvalue weighted by Crippen LogP contribution is -2.61. The molecule has 0 spiro atoms. The second-order valence-corrected chi connectivity index (χ2v) is 7.88. The standard InChI is InChI=1S/C22H29N3O2/c26-17-22-10-3-12-24-21(22)9-13-25(16-22)14-18-5-7-20(8-6-18)27-15-19-4-1-2-11-23-19/h1-2,4-8,11,21,24,26H,3,9-10,12-17H2/t21-,22-/m1/s1. The number of ether oxygens (including phenoxy) is 1. The first-order chi connectivity index (χ1) is 13.3. The third-order valence-corrected chi connectivity index (χ3v) is 6.01. The Morgan fingerprint density at radius 2 is 2.11 bits per heavy atom. The van der Waals surface area contributed by atoms with E-state index in [9.17, 15) is 5.11 Å². The number of piperidine rings is 2. The van der Waals surface area contributed by atoms with Crippen molar-refractivity contribution in [1.29, 1.82) is 0 Å². The highest BCUT2D eigenvalue weighted by molar-refractivity contribution is 5.27. The first-order valence-corrected chi connectivity index (χ1v) is 9.96. The summed E-state index contributed by atoms with van der Waals surface area (Å²) in [6.45, 7) is 4.83. The third-order valence-electron chi connectivity index (χ3n) is 6.01. The Hall–Kier alpha value is -1.95. The van der Waals surface area contributed by atoms with Crippen molar-refractivity contribution in [2.45, 2.75) is 38.5 Å². The number of aliphatic hydroxyl groups excluding tert-OH is 1. The molecule has 5 nitrogen and oxygen atoms in total. The minimum Gasteiger partial charge on any atom is -0.487 e. The van der Waals surface area contributed by atoms with Gasteiger partial charge in [-0.15, -0.1) is 0 Å². The number of pyridine rings is 1. The minimum absolute atomic E-state index is 0.0300. The molecule has 0 aliphatic carbocycles. The molecule has 0 unspecified atom stereocenters. The van der Waals surface area contributed by atoms with Gasteiger partial charge in [0.15, 0.2) is 0 Å². The van der Waals surface area contributed by atoms with Crippen molar-refractivity contribution in [2.75, 3.05) is 26.2 Å². The number of nitrogens with zero attached hydrogens (tertiary/aromatic N) is 2. The number of fused-ring (bicyclic) bond motifs is 1. The van der Waals surface area contributed by atoms with Gasteiger partial charge < -0.3 is 15.2 Å². The van der Waals surface area contributed by atoms with E-state index in [-0.39, 0.29) is 12.0 Å². The van der Waals surface area contributed by atoms with Gasteiger partial charge in [0.25, 0.3) is 0 Å². The Kier molecular flexibility index (Phi) is 5.72. The maximum Gasteiger partial charge on any atom is 0.130 e. The van der Waals surface area contributed by atoms with Crippen molar-refractivity contribution in [3.8, 4) is 5.75 Å². The lowest BCUT2D eigenvalue weighted by molar-refractivity contribution is -0.0222. The van der Waals surface area contributed by atoms with E-state index in [1.54, 1.807) is 6.20 Å². The van der Waals surface area contributed by atoms with Crippen LogP contribution in [-0.2, 0) is 13.2 Å². The first-order valence-electron chi connectivity index (χ1n) is 9.96. The van der Waals surface area contributed by atoms with E-state index < -0.39 is 0 Å². The number of hydrogen-bond donors (Lipinski definition) is 2. The quantitative estimate of drug-likeness (QED) is 0.822. The van der Waals surface area contributed by atoms with Gasteiger partial charge in [-0.1, -0.05) is 18.2 Å². The number of aliphatic hydroxyl groups is 1. The van der Waals surface area contributed by atoms with Crippen LogP contribution in [0.4, 0.5) is 0 Å². The van der Waals surface area contributed by atoms with Crippen LogP contribution in [0.15, 0.2) is 48.7 Å². The van der Waals surface area contributed by atoms with Gasteiger partial charge in [-0.25, -0.2) is 0 Å². The van der Waals surface area contributed by atoms with Crippen LogP contribution < -0.4 is 10.1 Å². The van der Waals surface area contributed by atoms with Crippen molar-refractivity contribution in [3.05, 3.63) is 59.9 Å². The van der Waals surface area contributed by atoms with Gasteiger partial charge in [0, 0.05) is 37.3 Å². The summed E-state index contributed by atoms with van der Waals surface area (Å²) in [6.07, 6.45) is 5.18. The zero-order valence-electron chi connectivity index (χ0n) is 15.8. The zero-order chi connectivity index (χ0) is 18.5. The molecule has 5 heteroatoms. The van der Waals surface area contributed by atoms with Crippen LogP contribution in [-0.4, -0.2) is 47.3 Å². The molecule has 3 heterocycles. The van der Waals surface area contributed by atoms with Gasteiger partial charge in [0.05, 0.1) is 12.3 Å². The molecule has 0 amide bonds. The molecule has 144 valence electrons. The molecule has 2 saturated heterocycles. The molecule has 2 aliphatic rings. The molecule has 0 saturated carbocycles. The molecule has 1 aromatic carbocycles. The molecule has 0 radical (unpaired) electrons. The van der Waals surface area contributed by atoms with Gasteiger partial charge in [0.2, 0.25) is 0 Å². The summed E-state index contributed by atoms with van der Waals surface area (Å²) in [4.78, 5) is 6.77. The fraction of sp³-hybridized carbons (Fsp3) is 0.500. The molecule has 0 bridgehead atoms. The zero-order valence-corrected chi connectivity index (χ0v) is 15.8. The SMILES string of the molecule is OC[C@]12CCCN[C@@H]1CCN(Cc1ccc(OCc3ccccn3)cc1)C2. The summed E-state index contributed by atoms with van der Waals surface area (Å²) in [5.41, 5.74) is 2.25. The van der Waals surface area contributed by atoms with Crippen molar-refractivity contribution in [1.82, 2.24) is 15.2 Å². The number of likely N-dealkylation sites (tertiary alicyclic amines) is 1. The van der Waals surface area contributed by atoms with Crippen molar-refractivity contribution in [2.24, 2.45) is 5.41 Å². The number of rotatable bonds is 6. The summed E-state index contributed by atoms with van der Waals surface area (Å²) >= 11 is 0. The first kappa shape index (κ1) is 18.4. The Balaban J connectivity index is 1.33. The van der Waals surface area contributed by atoms with Crippen LogP contribution in [0, 0.1) is 5.41 Å². The number of aromatic nitrogens is 1. The van der Waals surface area contributed by atoms with Crippen LogP contribution in [0.25, 0.3) is 0 Å². The Labute approximate surface area is 161 Å². The lowest BCUT2D eigenvalue weighted by atomic mass is 9.71. The molecule has 2 aliphatic heterocycles. The topological polar surface area (TPSA) is 57.6 Å². The summed E-state index contributed by atoms with van der Waals surface area (Å²) in [6, 6.07) is 14.7. The van der Waals surface area contributed by atoms with Crippen molar-refractivity contribution >= 4 is 0 Å². The molecule has 2 fully saturated rings. The lowest BCUT2D eigenvalue weighted by Gasteiger charge is -2.50. The molecular weight excluding hydrogens is 338 g/mol.